The zero-order valence-corrected chi connectivity index (χ0v) is 13.6. The summed E-state index contributed by atoms with van der Waals surface area (Å²) in [6.45, 7) is 6.04. The Kier molecular flexibility index (Phi) is 5.46. The summed E-state index contributed by atoms with van der Waals surface area (Å²) in [5.41, 5.74) is 3.52. The Bertz CT molecular complexity index is 686. The van der Waals surface area contributed by atoms with E-state index in [0.717, 1.165) is 16.8 Å². The Hall–Kier alpha value is -2.69. The van der Waals surface area contributed by atoms with E-state index in [-0.39, 0.29) is 11.8 Å². The molecular weight excluding hydrogens is 292 g/mol. The molecule has 0 saturated carbocycles. The molecule has 1 unspecified atom stereocenters. The molecule has 122 valence electrons. The summed E-state index contributed by atoms with van der Waals surface area (Å²) in [6.07, 6.45) is -0.464. The predicted molar refractivity (Wildman–Crippen MR) is 92.0 cm³/mol. The summed E-state index contributed by atoms with van der Waals surface area (Å²) in [5.74, 6) is 0.241. The largest absolute Gasteiger partial charge is 0.508 e. The maximum atomic E-state index is 11.6. The lowest BCUT2D eigenvalue weighted by Gasteiger charge is -2.19. The third-order valence-electron chi connectivity index (χ3n) is 3.59. The zero-order chi connectivity index (χ0) is 16.8. The Morgan fingerprint density at radius 2 is 1.91 bits per heavy atom. The van der Waals surface area contributed by atoms with E-state index in [9.17, 15) is 9.90 Å². The fraction of sp³-hybridized carbons (Fsp3) is 0.278. The molecule has 0 aliphatic rings. The lowest BCUT2D eigenvalue weighted by atomic mass is 10.1. The summed E-state index contributed by atoms with van der Waals surface area (Å²) in [5, 5.41) is 15.7. The van der Waals surface area contributed by atoms with Crippen molar-refractivity contribution in [1.29, 1.82) is 0 Å². The highest BCUT2D eigenvalue weighted by molar-refractivity contribution is 5.87. The molecule has 1 atom stereocenters. The number of aromatic hydroxyl groups is 1. The smallest absolute Gasteiger partial charge is 0.411 e. The number of phenolic OH excluding ortho intramolecular Hbond substituents is 1. The highest BCUT2D eigenvalue weighted by atomic mass is 16.5. The summed E-state index contributed by atoms with van der Waals surface area (Å²) >= 11 is 0. The molecule has 0 heterocycles. The van der Waals surface area contributed by atoms with Crippen LogP contribution in [0.1, 0.15) is 31.0 Å². The Morgan fingerprint density at radius 3 is 2.61 bits per heavy atom. The fourth-order valence-corrected chi connectivity index (χ4v) is 2.32. The van der Waals surface area contributed by atoms with Gasteiger partial charge in [0, 0.05) is 17.4 Å². The van der Waals surface area contributed by atoms with Crippen LogP contribution in [0.15, 0.2) is 42.5 Å². The second kappa shape index (κ2) is 7.54. The summed E-state index contributed by atoms with van der Waals surface area (Å²) < 4.78 is 4.91. The molecule has 0 bridgehead atoms. The number of nitrogens with one attached hydrogen (secondary N) is 2. The molecule has 2 aromatic carbocycles. The van der Waals surface area contributed by atoms with Crippen molar-refractivity contribution in [3.8, 4) is 5.75 Å². The van der Waals surface area contributed by atoms with Crippen LogP contribution in [0, 0.1) is 6.92 Å². The van der Waals surface area contributed by atoms with Crippen LogP contribution in [0.3, 0.4) is 0 Å². The minimum atomic E-state index is -0.464. The molecule has 3 N–H and O–H groups in total. The zero-order valence-electron chi connectivity index (χ0n) is 13.6. The first-order chi connectivity index (χ1) is 11.0. The Morgan fingerprint density at radius 1 is 1.22 bits per heavy atom. The van der Waals surface area contributed by atoms with Crippen molar-refractivity contribution in [2.45, 2.75) is 26.8 Å². The van der Waals surface area contributed by atoms with Gasteiger partial charge in [-0.15, -0.1) is 0 Å². The number of hydrogen-bond donors (Lipinski definition) is 3. The van der Waals surface area contributed by atoms with E-state index < -0.39 is 6.09 Å². The van der Waals surface area contributed by atoms with Crippen molar-refractivity contribution in [1.82, 2.24) is 0 Å². The highest BCUT2D eigenvalue weighted by Crippen LogP contribution is 2.28. The minimum Gasteiger partial charge on any atom is -0.508 e. The van der Waals surface area contributed by atoms with Crippen molar-refractivity contribution in [2.75, 3.05) is 17.2 Å². The predicted octanol–water partition coefficient (Wildman–Crippen LogP) is 4.44. The summed E-state index contributed by atoms with van der Waals surface area (Å²) in [6, 6.07) is 12.8. The lowest BCUT2D eigenvalue weighted by molar-refractivity contribution is 0.168. The van der Waals surface area contributed by atoms with Crippen molar-refractivity contribution in [3.63, 3.8) is 0 Å². The van der Waals surface area contributed by atoms with E-state index in [4.69, 9.17) is 4.74 Å². The first kappa shape index (κ1) is 16.7. The van der Waals surface area contributed by atoms with Crippen LogP contribution in [0.4, 0.5) is 16.2 Å². The molecule has 0 aliphatic carbocycles. The first-order valence-electron chi connectivity index (χ1n) is 7.60. The number of rotatable bonds is 5. The lowest BCUT2D eigenvalue weighted by Crippen LogP contribution is -2.15. The quantitative estimate of drug-likeness (QED) is 0.763. The maximum Gasteiger partial charge on any atom is 0.411 e. The number of phenols is 1. The van der Waals surface area contributed by atoms with Gasteiger partial charge >= 0.3 is 6.09 Å². The summed E-state index contributed by atoms with van der Waals surface area (Å²) in [4.78, 5) is 11.6. The van der Waals surface area contributed by atoms with E-state index in [2.05, 4.69) is 10.6 Å². The van der Waals surface area contributed by atoms with Crippen LogP contribution in [0.2, 0.25) is 0 Å². The minimum absolute atomic E-state index is 0.0126. The van der Waals surface area contributed by atoms with Gasteiger partial charge < -0.3 is 15.2 Å². The molecule has 0 spiro atoms. The highest BCUT2D eigenvalue weighted by Gasteiger charge is 2.11. The molecular formula is C18H22N2O3. The van der Waals surface area contributed by atoms with Crippen LogP contribution < -0.4 is 10.6 Å². The topological polar surface area (TPSA) is 70.6 Å². The number of carbonyl (C=O) groups is 1. The van der Waals surface area contributed by atoms with Gasteiger partial charge in [0.25, 0.3) is 0 Å². The van der Waals surface area contributed by atoms with Crippen molar-refractivity contribution in [3.05, 3.63) is 53.6 Å². The normalized spacial score (nSPS) is 11.6. The van der Waals surface area contributed by atoms with Gasteiger partial charge in [0.05, 0.1) is 6.61 Å². The molecule has 0 radical (unpaired) electrons. The van der Waals surface area contributed by atoms with Gasteiger partial charge in [-0.05, 0) is 56.2 Å². The van der Waals surface area contributed by atoms with Crippen LogP contribution in [-0.2, 0) is 4.74 Å². The number of carbonyl (C=O) groups excluding carboxylic acids is 1. The van der Waals surface area contributed by atoms with Gasteiger partial charge in [-0.1, -0.05) is 18.2 Å². The Balaban J connectivity index is 2.15. The van der Waals surface area contributed by atoms with Crippen LogP contribution in [0.5, 0.6) is 5.75 Å². The monoisotopic (exact) mass is 314 g/mol. The van der Waals surface area contributed by atoms with Crippen molar-refractivity contribution >= 4 is 17.5 Å². The molecule has 5 nitrogen and oxygen atoms in total. The van der Waals surface area contributed by atoms with Crippen LogP contribution in [-0.4, -0.2) is 17.8 Å². The van der Waals surface area contributed by atoms with Crippen LogP contribution in [0.25, 0.3) is 0 Å². The van der Waals surface area contributed by atoms with Gasteiger partial charge in [-0.2, -0.15) is 0 Å². The van der Waals surface area contributed by atoms with E-state index >= 15 is 0 Å². The van der Waals surface area contributed by atoms with E-state index in [1.807, 2.05) is 44.2 Å². The SMILES string of the molecule is CCOC(=O)Nc1cccc(NC(C)c2cccc(O)c2)c1C. The summed E-state index contributed by atoms with van der Waals surface area (Å²) in [7, 11) is 0. The second-order valence-corrected chi connectivity index (χ2v) is 5.28. The van der Waals surface area contributed by atoms with E-state index in [1.165, 1.54) is 0 Å². The van der Waals surface area contributed by atoms with Crippen molar-refractivity contribution in [2.24, 2.45) is 0 Å². The molecule has 0 aliphatic heterocycles. The van der Waals surface area contributed by atoms with Gasteiger partial charge in [0.2, 0.25) is 0 Å². The molecule has 0 saturated heterocycles. The number of anilines is 2. The maximum absolute atomic E-state index is 11.6. The van der Waals surface area contributed by atoms with E-state index in [1.54, 1.807) is 19.1 Å². The molecule has 2 rings (SSSR count). The number of hydrogen-bond acceptors (Lipinski definition) is 4. The van der Waals surface area contributed by atoms with Gasteiger partial charge in [-0.3, -0.25) is 5.32 Å². The number of benzene rings is 2. The number of amides is 1. The average molecular weight is 314 g/mol. The van der Waals surface area contributed by atoms with Crippen LogP contribution >= 0.6 is 0 Å². The molecule has 2 aromatic rings. The van der Waals surface area contributed by atoms with Crippen molar-refractivity contribution < 1.29 is 14.6 Å². The van der Waals surface area contributed by atoms with E-state index in [0.29, 0.717) is 12.3 Å². The Labute approximate surface area is 136 Å². The number of ether oxygens (including phenoxy) is 1. The molecule has 0 fully saturated rings. The molecule has 23 heavy (non-hydrogen) atoms. The second-order valence-electron chi connectivity index (χ2n) is 5.28. The van der Waals surface area contributed by atoms with Gasteiger partial charge in [0.1, 0.15) is 5.75 Å². The van der Waals surface area contributed by atoms with Gasteiger partial charge in [0.15, 0.2) is 0 Å². The average Bonchev–Trinajstić information content (AvgIpc) is 2.51. The fourth-order valence-electron chi connectivity index (χ4n) is 2.32. The molecule has 0 aromatic heterocycles. The molecule has 5 heteroatoms. The third-order valence-corrected chi connectivity index (χ3v) is 3.59. The standard InChI is InChI=1S/C18H22N2O3/c1-4-23-18(22)20-17-10-6-9-16(12(17)2)19-13(3)14-7-5-8-15(21)11-14/h5-11,13,19,21H,4H2,1-3H3,(H,20,22). The molecule has 1 amide bonds. The first-order valence-corrected chi connectivity index (χ1v) is 7.60. The van der Waals surface area contributed by atoms with Gasteiger partial charge in [-0.25, -0.2) is 4.79 Å². The third kappa shape index (κ3) is 4.39.